The lowest BCUT2D eigenvalue weighted by atomic mass is 9.90. The molecule has 12 nitrogen and oxygen atoms in total. The maximum Gasteiger partial charge on any atom is 0.326 e. The van der Waals surface area contributed by atoms with Gasteiger partial charge in [0, 0.05) is 44.1 Å². The number of nitrogens with one attached hydrogen (secondary N) is 2. The highest BCUT2D eigenvalue weighted by Crippen LogP contribution is 2.28. The Balaban J connectivity index is 1.56. The quantitative estimate of drug-likeness (QED) is 0.241. The second kappa shape index (κ2) is 14.2. The summed E-state index contributed by atoms with van der Waals surface area (Å²) in [4.78, 5) is 52.2. The first kappa shape index (κ1) is 31.8. The molecular formula is C29H41N5O7. The van der Waals surface area contributed by atoms with Crippen LogP contribution >= 0.6 is 0 Å². The smallest absolute Gasteiger partial charge is 0.326 e. The van der Waals surface area contributed by atoms with Crippen LogP contribution in [0, 0.1) is 0 Å². The van der Waals surface area contributed by atoms with E-state index >= 15 is 0 Å². The number of aryl methyl sites for hydroxylation is 1. The highest BCUT2D eigenvalue weighted by Gasteiger charge is 2.24. The average Bonchev–Trinajstić information content (AvgIpc) is 3.35. The number of carbonyl (C=O) groups is 4. The first-order valence-electron chi connectivity index (χ1n) is 13.8. The molecule has 1 heterocycles. The zero-order valence-corrected chi connectivity index (χ0v) is 24.1. The standard InChI is InChI=1S/C29H41N5O7/c1-18(30)27(37)33-24(28(38)39)13-20-15-34(17-31-20)11-10-26(36)41-22(14-32-29(2,3)4)16-40-25-7-5-6-19-12-21(35)8-9-23(19)25/h5-7,15,17-18,22,24,32H,8-14,16,30H2,1-4H3,(H,33,37)(H,38,39). The van der Waals surface area contributed by atoms with Crippen molar-refractivity contribution in [1.82, 2.24) is 20.2 Å². The predicted octanol–water partition coefficient (Wildman–Crippen LogP) is 1.17. The van der Waals surface area contributed by atoms with E-state index in [1.807, 2.05) is 39.0 Å². The van der Waals surface area contributed by atoms with Gasteiger partial charge in [0.2, 0.25) is 5.91 Å². The summed E-state index contributed by atoms with van der Waals surface area (Å²) in [6, 6.07) is 3.67. The minimum Gasteiger partial charge on any atom is -0.489 e. The SMILES string of the molecule is CC(N)C(=O)NC(Cc1cn(CCC(=O)OC(CNC(C)(C)C)COc2cccc3c2CCC(=O)C3)cn1)C(=O)O. The van der Waals surface area contributed by atoms with Gasteiger partial charge in [0.1, 0.15) is 30.3 Å². The van der Waals surface area contributed by atoms with Crippen molar-refractivity contribution in [2.24, 2.45) is 5.73 Å². The maximum absolute atomic E-state index is 12.8. The van der Waals surface area contributed by atoms with Gasteiger partial charge in [-0.15, -0.1) is 0 Å². The number of aromatic nitrogens is 2. The maximum atomic E-state index is 12.8. The van der Waals surface area contributed by atoms with Crippen LogP contribution in [-0.2, 0) is 49.7 Å². The third kappa shape index (κ3) is 10.3. The minimum atomic E-state index is -1.20. The molecule has 1 amide bonds. The number of ether oxygens (including phenoxy) is 2. The molecule has 1 aromatic carbocycles. The molecule has 0 saturated heterocycles. The highest BCUT2D eigenvalue weighted by atomic mass is 16.6. The topological polar surface area (TPSA) is 175 Å². The zero-order valence-electron chi connectivity index (χ0n) is 24.1. The van der Waals surface area contributed by atoms with Crippen LogP contribution in [0.5, 0.6) is 5.75 Å². The molecule has 12 heteroatoms. The van der Waals surface area contributed by atoms with Gasteiger partial charge in [-0.05, 0) is 51.3 Å². The molecule has 0 spiro atoms. The van der Waals surface area contributed by atoms with Crippen LogP contribution in [0.15, 0.2) is 30.7 Å². The number of hydrogen-bond acceptors (Lipinski definition) is 9. The molecule has 3 atom stereocenters. The molecular weight excluding hydrogens is 530 g/mol. The number of carboxylic acids is 1. The molecule has 2 aromatic rings. The number of rotatable bonds is 14. The van der Waals surface area contributed by atoms with E-state index < -0.39 is 36.0 Å². The summed E-state index contributed by atoms with van der Waals surface area (Å²) in [7, 11) is 0. The Bertz CT molecular complexity index is 1230. The van der Waals surface area contributed by atoms with Crippen LogP contribution in [-0.4, -0.2) is 75.2 Å². The van der Waals surface area contributed by atoms with Crippen molar-refractivity contribution in [1.29, 1.82) is 0 Å². The number of imidazole rings is 1. The molecule has 5 N–H and O–H groups in total. The average molecular weight is 572 g/mol. The van der Waals surface area contributed by atoms with Gasteiger partial charge in [0.05, 0.1) is 24.5 Å². The molecule has 0 aliphatic heterocycles. The number of carbonyl (C=O) groups excluding carboxylic acids is 3. The van der Waals surface area contributed by atoms with Crippen LogP contribution in [0.1, 0.15) is 57.4 Å². The predicted molar refractivity (Wildman–Crippen MR) is 150 cm³/mol. The number of nitrogens with zero attached hydrogens (tertiary/aromatic N) is 2. The molecule has 1 aliphatic rings. The molecule has 0 saturated carbocycles. The van der Waals surface area contributed by atoms with Crippen molar-refractivity contribution in [3.63, 3.8) is 0 Å². The summed E-state index contributed by atoms with van der Waals surface area (Å²) in [5.41, 5.74) is 7.77. The summed E-state index contributed by atoms with van der Waals surface area (Å²) >= 11 is 0. The van der Waals surface area contributed by atoms with Gasteiger partial charge in [0.25, 0.3) is 0 Å². The molecule has 0 radical (unpaired) electrons. The van der Waals surface area contributed by atoms with Gasteiger partial charge >= 0.3 is 11.9 Å². The van der Waals surface area contributed by atoms with Crippen LogP contribution in [0.3, 0.4) is 0 Å². The number of amides is 1. The van der Waals surface area contributed by atoms with Gasteiger partial charge in [-0.25, -0.2) is 9.78 Å². The van der Waals surface area contributed by atoms with Gasteiger partial charge < -0.3 is 35.5 Å². The van der Waals surface area contributed by atoms with Crippen molar-refractivity contribution in [3.05, 3.63) is 47.5 Å². The number of fused-ring (bicyclic) bond motifs is 1. The number of benzene rings is 1. The number of esters is 1. The number of Topliss-reactive ketones (excluding diaryl/α,β-unsaturated/α-hetero) is 1. The molecule has 41 heavy (non-hydrogen) atoms. The lowest BCUT2D eigenvalue weighted by Crippen LogP contribution is -2.48. The summed E-state index contributed by atoms with van der Waals surface area (Å²) in [6.45, 7) is 8.34. The number of ketones is 1. The minimum absolute atomic E-state index is 0.0273. The Hall–Kier alpha value is -3.77. The fraction of sp³-hybridized carbons (Fsp3) is 0.552. The van der Waals surface area contributed by atoms with Crippen LogP contribution in [0.2, 0.25) is 0 Å². The van der Waals surface area contributed by atoms with Crippen molar-refractivity contribution in [2.75, 3.05) is 13.2 Å². The Morgan fingerprint density at radius 3 is 2.66 bits per heavy atom. The monoisotopic (exact) mass is 571 g/mol. The first-order chi connectivity index (χ1) is 19.3. The molecule has 3 rings (SSSR count). The Kier molecular flexibility index (Phi) is 11.0. The van der Waals surface area contributed by atoms with Crippen LogP contribution < -0.4 is 21.1 Å². The summed E-state index contributed by atoms with van der Waals surface area (Å²) in [5, 5.41) is 15.2. The van der Waals surface area contributed by atoms with Crippen LogP contribution in [0.4, 0.5) is 0 Å². The summed E-state index contributed by atoms with van der Waals surface area (Å²) in [5.74, 6) is -1.26. The second-order valence-corrected chi connectivity index (χ2v) is 11.4. The van der Waals surface area contributed by atoms with Crippen molar-refractivity contribution >= 4 is 23.6 Å². The van der Waals surface area contributed by atoms with E-state index in [9.17, 15) is 24.3 Å². The summed E-state index contributed by atoms with van der Waals surface area (Å²) < 4.78 is 13.5. The number of nitrogens with two attached hydrogens (primary N) is 1. The Labute approximate surface area is 240 Å². The van der Waals surface area contributed by atoms with Gasteiger partial charge in [-0.3, -0.25) is 14.4 Å². The van der Waals surface area contributed by atoms with Crippen LogP contribution in [0.25, 0.3) is 0 Å². The highest BCUT2D eigenvalue weighted by molar-refractivity contribution is 5.86. The van der Waals surface area contributed by atoms with E-state index in [0.717, 1.165) is 11.1 Å². The lowest BCUT2D eigenvalue weighted by Gasteiger charge is -2.26. The summed E-state index contributed by atoms with van der Waals surface area (Å²) in [6.07, 6.45) is 4.15. The molecule has 0 bridgehead atoms. The molecule has 3 unspecified atom stereocenters. The fourth-order valence-electron chi connectivity index (χ4n) is 4.31. The third-order valence-corrected chi connectivity index (χ3v) is 6.56. The Morgan fingerprint density at radius 1 is 1.22 bits per heavy atom. The first-order valence-corrected chi connectivity index (χ1v) is 13.8. The molecule has 1 aromatic heterocycles. The van der Waals surface area contributed by atoms with E-state index in [1.54, 1.807) is 10.8 Å². The molecule has 224 valence electrons. The van der Waals surface area contributed by atoms with E-state index in [2.05, 4.69) is 15.6 Å². The molecule has 0 fully saturated rings. The zero-order chi connectivity index (χ0) is 30.2. The third-order valence-electron chi connectivity index (χ3n) is 6.56. The van der Waals surface area contributed by atoms with Gasteiger partial charge in [0.15, 0.2) is 0 Å². The Morgan fingerprint density at radius 2 is 1.98 bits per heavy atom. The number of hydrogen-bond donors (Lipinski definition) is 4. The van der Waals surface area contributed by atoms with E-state index in [-0.39, 0.29) is 37.3 Å². The van der Waals surface area contributed by atoms with Crippen molar-refractivity contribution < 1.29 is 33.8 Å². The van der Waals surface area contributed by atoms with Crippen molar-refractivity contribution in [3.8, 4) is 5.75 Å². The van der Waals surface area contributed by atoms with Gasteiger partial charge in [-0.2, -0.15) is 0 Å². The van der Waals surface area contributed by atoms with Crippen molar-refractivity contribution in [2.45, 2.75) is 90.1 Å². The number of aliphatic carboxylic acids is 1. The normalized spacial score (nSPS) is 15.4. The molecule has 1 aliphatic carbocycles. The fourth-order valence-corrected chi connectivity index (χ4v) is 4.31. The van der Waals surface area contributed by atoms with Gasteiger partial charge in [-0.1, -0.05) is 12.1 Å². The lowest BCUT2D eigenvalue weighted by molar-refractivity contribution is -0.150. The second-order valence-electron chi connectivity index (χ2n) is 11.4. The number of carboxylic acid groups (broad SMARTS) is 1. The van der Waals surface area contributed by atoms with E-state index in [0.29, 0.717) is 37.3 Å². The van der Waals surface area contributed by atoms with E-state index in [1.165, 1.54) is 13.3 Å². The van der Waals surface area contributed by atoms with E-state index in [4.69, 9.17) is 15.2 Å². The largest absolute Gasteiger partial charge is 0.489 e.